The molecule has 3 rings (SSSR count). The molecule has 1 aliphatic heterocycles. The number of aliphatic imine (C=N–C) groups is 1. The van der Waals surface area contributed by atoms with E-state index in [1.807, 2.05) is 6.92 Å². The second-order valence-corrected chi connectivity index (χ2v) is 4.84. The Morgan fingerprint density at radius 3 is 3.05 bits per heavy atom. The fourth-order valence-electron chi connectivity index (χ4n) is 2.33. The summed E-state index contributed by atoms with van der Waals surface area (Å²) in [6.07, 6.45) is 1.38. The number of nitriles is 1. The Morgan fingerprint density at radius 2 is 2.41 bits per heavy atom. The maximum absolute atomic E-state index is 11.1. The van der Waals surface area contributed by atoms with Gasteiger partial charge in [-0.2, -0.15) is 9.99 Å². The van der Waals surface area contributed by atoms with Crippen LogP contribution in [0.15, 0.2) is 17.4 Å². The summed E-state index contributed by atoms with van der Waals surface area (Å²) in [5, 5.41) is 15.7. The van der Waals surface area contributed by atoms with Crippen molar-refractivity contribution < 1.29 is 9.63 Å². The van der Waals surface area contributed by atoms with Gasteiger partial charge in [0.25, 0.3) is 0 Å². The van der Waals surface area contributed by atoms with Crippen molar-refractivity contribution >= 4 is 28.6 Å². The number of anilines is 1. The van der Waals surface area contributed by atoms with Crippen molar-refractivity contribution in [3.05, 3.63) is 23.5 Å². The van der Waals surface area contributed by atoms with Crippen LogP contribution in [0.4, 0.5) is 5.69 Å². The third-order valence-electron chi connectivity index (χ3n) is 3.31. The first kappa shape index (κ1) is 13.9. The highest BCUT2D eigenvalue weighted by molar-refractivity contribution is 5.99. The summed E-state index contributed by atoms with van der Waals surface area (Å²) in [6, 6.07) is 3.81. The van der Waals surface area contributed by atoms with E-state index in [1.54, 1.807) is 6.07 Å². The number of aromatic nitrogens is 2. The number of imidazole rings is 1. The first-order chi connectivity index (χ1) is 10.6. The average Bonchev–Trinajstić information content (AvgIpc) is 3.12. The number of hydrogen-bond acceptors (Lipinski definition) is 7. The maximum Gasteiger partial charge on any atom is 0.329 e. The Balaban J connectivity index is 2.11. The van der Waals surface area contributed by atoms with Crippen molar-refractivity contribution in [2.24, 2.45) is 4.99 Å². The molecule has 2 heterocycles. The monoisotopic (exact) mass is 298 g/mol. The number of nitrogens with zero attached hydrogens (tertiary/aromatic N) is 4. The quantitative estimate of drug-likeness (QED) is 0.839. The predicted molar refractivity (Wildman–Crippen MR) is 80.4 cm³/mol. The van der Waals surface area contributed by atoms with Crippen LogP contribution in [-0.4, -0.2) is 34.7 Å². The van der Waals surface area contributed by atoms with E-state index in [9.17, 15) is 10.1 Å². The van der Waals surface area contributed by atoms with Crippen molar-refractivity contribution in [2.75, 3.05) is 18.4 Å². The number of carbonyl (C=O) groups excluding carboxylic acids is 1. The number of guanidine groups is 1. The van der Waals surface area contributed by atoms with E-state index in [1.165, 1.54) is 18.0 Å². The van der Waals surface area contributed by atoms with Gasteiger partial charge in [-0.3, -0.25) is 4.99 Å². The molecule has 2 N–H and O–H groups in total. The maximum atomic E-state index is 11.1. The van der Waals surface area contributed by atoms with Crippen LogP contribution in [0.3, 0.4) is 0 Å². The molecule has 1 aromatic heterocycles. The molecule has 2 aromatic rings. The van der Waals surface area contributed by atoms with Crippen molar-refractivity contribution in [1.29, 1.82) is 5.26 Å². The van der Waals surface area contributed by atoms with Crippen LogP contribution in [-0.2, 0) is 4.79 Å². The minimum Gasteiger partial charge on any atom is -0.354 e. The van der Waals surface area contributed by atoms with Crippen LogP contribution in [0.5, 0.6) is 0 Å². The van der Waals surface area contributed by atoms with Crippen LogP contribution in [0.2, 0.25) is 0 Å². The van der Waals surface area contributed by atoms with Crippen molar-refractivity contribution in [2.45, 2.75) is 13.8 Å². The molecular formula is C14H14N6O2. The van der Waals surface area contributed by atoms with Crippen LogP contribution < -0.4 is 15.5 Å². The summed E-state index contributed by atoms with van der Waals surface area (Å²) in [5.41, 5.74) is 3.02. The first-order valence-electron chi connectivity index (χ1n) is 6.75. The number of aryl methyl sites for hydroxylation is 1. The lowest BCUT2D eigenvalue weighted by atomic mass is 10.1. The molecule has 0 radical (unpaired) electrons. The van der Waals surface area contributed by atoms with Gasteiger partial charge in [0.05, 0.1) is 17.6 Å². The van der Waals surface area contributed by atoms with Gasteiger partial charge in [-0.05, 0) is 13.0 Å². The van der Waals surface area contributed by atoms with Gasteiger partial charge in [0.15, 0.2) is 5.96 Å². The minimum atomic E-state index is -0.479. The lowest BCUT2D eigenvalue weighted by Crippen LogP contribution is -2.26. The van der Waals surface area contributed by atoms with Gasteiger partial charge in [-0.1, -0.05) is 0 Å². The molecule has 112 valence electrons. The minimum absolute atomic E-state index is 0.362. The molecule has 0 saturated heterocycles. The van der Waals surface area contributed by atoms with Gasteiger partial charge in [0.2, 0.25) is 0 Å². The standard InChI is InChI=1S/C14H14N6O2/c1-8-11(19-14-16-3-4-17-14)5-10(6-15)13-12(8)18-7-20(13)22-9(2)21/h5,7H,3-4H2,1-2H3,(H2,16,17,19). The zero-order valence-corrected chi connectivity index (χ0v) is 12.2. The Kier molecular flexibility index (Phi) is 3.39. The van der Waals surface area contributed by atoms with Crippen molar-refractivity contribution in [1.82, 2.24) is 15.0 Å². The van der Waals surface area contributed by atoms with E-state index in [0.29, 0.717) is 22.6 Å². The van der Waals surface area contributed by atoms with E-state index in [0.717, 1.165) is 24.3 Å². The van der Waals surface area contributed by atoms with Crippen LogP contribution in [0, 0.1) is 18.3 Å². The highest BCUT2D eigenvalue weighted by Gasteiger charge is 2.17. The number of rotatable bonds is 2. The predicted octanol–water partition coefficient (Wildman–Crippen LogP) is 0.563. The van der Waals surface area contributed by atoms with Gasteiger partial charge >= 0.3 is 5.97 Å². The van der Waals surface area contributed by atoms with Crippen LogP contribution in [0.25, 0.3) is 11.0 Å². The number of hydrogen-bond donors (Lipinski definition) is 2. The van der Waals surface area contributed by atoms with Gasteiger partial charge in [0.1, 0.15) is 17.9 Å². The summed E-state index contributed by atoms with van der Waals surface area (Å²) in [6.45, 7) is 4.68. The van der Waals surface area contributed by atoms with E-state index in [-0.39, 0.29) is 0 Å². The molecule has 1 aromatic carbocycles. The second-order valence-electron chi connectivity index (χ2n) is 4.84. The van der Waals surface area contributed by atoms with Gasteiger partial charge in [0, 0.05) is 24.7 Å². The Bertz CT molecular complexity index is 830. The molecule has 22 heavy (non-hydrogen) atoms. The molecule has 0 atom stereocenters. The van der Waals surface area contributed by atoms with Crippen molar-refractivity contribution in [3.63, 3.8) is 0 Å². The zero-order valence-electron chi connectivity index (χ0n) is 12.2. The highest BCUT2D eigenvalue weighted by atomic mass is 16.7. The lowest BCUT2D eigenvalue weighted by molar-refractivity contribution is -0.141. The van der Waals surface area contributed by atoms with Crippen LogP contribution in [0.1, 0.15) is 18.1 Å². The summed E-state index contributed by atoms with van der Waals surface area (Å²) in [4.78, 5) is 24.7. The fourth-order valence-corrected chi connectivity index (χ4v) is 2.33. The lowest BCUT2D eigenvalue weighted by Gasteiger charge is -2.12. The first-order valence-corrected chi connectivity index (χ1v) is 6.75. The number of fused-ring (bicyclic) bond motifs is 1. The highest BCUT2D eigenvalue weighted by Crippen LogP contribution is 2.28. The van der Waals surface area contributed by atoms with E-state index in [2.05, 4.69) is 26.7 Å². The molecule has 0 aliphatic carbocycles. The van der Waals surface area contributed by atoms with Crippen molar-refractivity contribution in [3.8, 4) is 6.07 Å². The average molecular weight is 298 g/mol. The summed E-state index contributed by atoms with van der Waals surface area (Å²) in [7, 11) is 0. The molecule has 0 unspecified atom stereocenters. The summed E-state index contributed by atoms with van der Waals surface area (Å²) >= 11 is 0. The third kappa shape index (κ3) is 2.33. The second kappa shape index (κ2) is 5.37. The third-order valence-corrected chi connectivity index (χ3v) is 3.31. The molecule has 1 aliphatic rings. The Morgan fingerprint density at radius 1 is 1.59 bits per heavy atom. The summed E-state index contributed by atoms with van der Waals surface area (Å²) in [5.74, 6) is 0.193. The fraction of sp³-hybridized carbons (Fsp3) is 0.286. The SMILES string of the molecule is CC(=O)On1cnc2c(C)c(NC3=NCCN3)cc(C#N)c21. The van der Waals surface area contributed by atoms with Crippen LogP contribution >= 0.6 is 0 Å². The molecular weight excluding hydrogens is 284 g/mol. The molecule has 8 heteroatoms. The Labute approximate surface area is 126 Å². The van der Waals surface area contributed by atoms with E-state index < -0.39 is 5.97 Å². The smallest absolute Gasteiger partial charge is 0.329 e. The summed E-state index contributed by atoms with van der Waals surface area (Å²) < 4.78 is 1.22. The normalized spacial score (nSPS) is 13.4. The number of carbonyl (C=O) groups is 1. The van der Waals surface area contributed by atoms with E-state index >= 15 is 0 Å². The van der Waals surface area contributed by atoms with Gasteiger partial charge in [-0.15, -0.1) is 0 Å². The molecule has 8 nitrogen and oxygen atoms in total. The van der Waals surface area contributed by atoms with Gasteiger partial charge in [-0.25, -0.2) is 9.78 Å². The largest absolute Gasteiger partial charge is 0.354 e. The number of benzene rings is 1. The van der Waals surface area contributed by atoms with E-state index in [4.69, 9.17) is 4.84 Å². The molecule has 0 amide bonds. The molecule has 0 saturated carbocycles. The van der Waals surface area contributed by atoms with Gasteiger partial charge < -0.3 is 15.5 Å². The molecule has 0 spiro atoms. The molecule has 0 bridgehead atoms. The Hall–Kier alpha value is -3.08. The molecule has 0 fully saturated rings. The number of nitrogens with one attached hydrogen (secondary N) is 2. The topological polar surface area (TPSA) is 104 Å². The zero-order chi connectivity index (χ0) is 15.7.